The average molecular weight is 376 g/mol. The van der Waals surface area contributed by atoms with Gasteiger partial charge in [0.15, 0.2) is 0 Å². The Morgan fingerprint density at radius 3 is 2.38 bits per heavy atom. The number of hydrogen-bond donors (Lipinski definition) is 2. The van der Waals surface area contributed by atoms with Crippen LogP contribution in [-0.4, -0.2) is 28.0 Å². The number of benzene rings is 2. The Balaban J connectivity index is 1.90. The Bertz CT molecular complexity index is 865. The summed E-state index contributed by atoms with van der Waals surface area (Å²) in [5, 5.41) is 2.77. The Morgan fingerprint density at radius 1 is 1.04 bits per heavy atom. The van der Waals surface area contributed by atoms with E-state index in [1.165, 1.54) is 6.07 Å². The summed E-state index contributed by atoms with van der Waals surface area (Å²) in [5.41, 5.74) is 2.40. The first-order chi connectivity index (χ1) is 12.3. The molecule has 0 aliphatic rings. The Morgan fingerprint density at radius 2 is 1.73 bits per heavy atom. The zero-order chi connectivity index (χ0) is 19.2. The molecule has 0 aliphatic carbocycles. The molecule has 0 heterocycles. The number of rotatable bonds is 8. The fourth-order valence-corrected chi connectivity index (χ4v) is 3.87. The Hall–Kier alpha value is -2.38. The molecule has 140 valence electrons. The second kappa shape index (κ2) is 8.82. The summed E-state index contributed by atoms with van der Waals surface area (Å²) >= 11 is 0. The molecule has 2 rings (SSSR count). The molecule has 0 aliphatic heterocycles. The van der Waals surface area contributed by atoms with Crippen molar-refractivity contribution in [2.24, 2.45) is 0 Å². The van der Waals surface area contributed by atoms with E-state index in [4.69, 9.17) is 4.74 Å². The van der Waals surface area contributed by atoms with Crippen molar-refractivity contribution in [2.45, 2.75) is 31.7 Å². The van der Waals surface area contributed by atoms with Crippen LogP contribution in [0.25, 0.3) is 0 Å². The lowest BCUT2D eigenvalue weighted by Crippen LogP contribution is -2.31. The summed E-state index contributed by atoms with van der Waals surface area (Å²) in [6.07, 6.45) is 0.0697. The lowest BCUT2D eigenvalue weighted by molar-refractivity contribution is -0.121. The normalized spacial score (nSPS) is 11.2. The van der Waals surface area contributed by atoms with E-state index in [-0.39, 0.29) is 23.8 Å². The van der Waals surface area contributed by atoms with Crippen LogP contribution in [0.1, 0.15) is 23.1 Å². The minimum absolute atomic E-state index is 0.0352. The molecule has 7 heteroatoms. The van der Waals surface area contributed by atoms with Crippen LogP contribution >= 0.6 is 0 Å². The number of carbonyl (C=O) groups excluding carboxylic acids is 1. The number of methoxy groups -OCH3 is 1. The third kappa shape index (κ3) is 5.06. The lowest BCUT2D eigenvalue weighted by atomic mass is 10.1. The highest BCUT2D eigenvalue weighted by atomic mass is 32.2. The van der Waals surface area contributed by atoms with Crippen molar-refractivity contribution in [1.82, 2.24) is 10.0 Å². The fourth-order valence-electron chi connectivity index (χ4n) is 2.54. The summed E-state index contributed by atoms with van der Waals surface area (Å²) < 4.78 is 32.6. The van der Waals surface area contributed by atoms with Gasteiger partial charge in [-0.15, -0.1) is 0 Å². The van der Waals surface area contributed by atoms with Gasteiger partial charge in [0, 0.05) is 19.5 Å². The van der Waals surface area contributed by atoms with E-state index in [0.29, 0.717) is 17.9 Å². The lowest BCUT2D eigenvalue weighted by Gasteiger charge is -2.13. The van der Waals surface area contributed by atoms with Crippen LogP contribution in [0, 0.1) is 13.8 Å². The van der Waals surface area contributed by atoms with E-state index in [1.54, 1.807) is 20.1 Å². The molecule has 6 nitrogen and oxygen atoms in total. The summed E-state index contributed by atoms with van der Waals surface area (Å²) in [5.74, 6) is 0.431. The van der Waals surface area contributed by atoms with Crippen molar-refractivity contribution < 1.29 is 17.9 Å². The van der Waals surface area contributed by atoms with Crippen LogP contribution in [0.3, 0.4) is 0 Å². The average Bonchev–Trinajstić information content (AvgIpc) is 2.62. The van der Waals surface area contributed by atoms with E-state index < -0.39 is 10.0 Å². The van der Waals surface area contributed by atoms with Crippen molar-refractivity contribution in [3.63, 3.8) is 0 Å². The summed E-state index contributed by atoms with van der Waals surface area (Å²) in [4.78, 5) is 12.1. The van der Waals surface area contributed by atoms with Gasteiger partial charge in [-0.2, -0.15) is 0 Å². The molecular weight excluding hydrogens is 352 g/mol. The van der Waals surface area contributed by atoms with Gasteiger partial charge in [0.1, 0.15) is 5.75 Å². The van der Waals surface area contributed by atoms with Gasteiger partial charge in [0.05, 0.1) is 12.0 Å². The number of sulfonamides is 1. The molecule has 0 saturated carbocycles. The smallest absolute Gasteiger partial charge is 0.240 e. The van der Waals surface area contributed by atoms with Gasteiger partial charge in [0.25, 0.3) is 0 Å². The van der Waals surface area contributed by atoms with Crippen LogP contribution in [0.2, 0.25) is 0 Å². The van der Waals surface area contributed by atoms with E-state index >= 15 is 0 Å². The van der Waals surface area contributed by atoms with Gasteiger partial charge in [-0.25, -0.2) is 13.1 Å². The SMILES string of the molecule is COc1ccc(S(=O)(=O)NCCC(=O)NCc2ccccc2)c(C)c1C. The monoisotopic (exact) mass is 376 g/mol. The van der Waals surface area contributed by atoms with Crippen LogP contribution in [0.5, 0.6) is 5.75 Å². The first-order valence-electron chi connectivity index (χ1n) is 8.29. The Labute approximate surface area is 154 Å². The first-order valence-corrected chi connectivity index (χ1v) is 9.78. The van der Waals surface area contributed by atoms with Crippen LogP contribution in [0.15, 0.2) is 47.4 Å². The highest BCUT2D eigenvalue weighted by molar-refractivity contribution is 7.89. The predicted octanol–water partition coefficient (Wildman–Crippen LogP) is 2.30. The minimum Gasteiger partial charge on any atom is -0.496 e. The maximum atomic E-state index is 12.5. The molecule has 0 atom stereocenters. The van der Waals surface area contributed by atoms with Gasteiger partial charge >= 0.3 is 0 Å². The molecular formula is C19H24N2O4S. The van der Waals surface area contributed by atoms with Crippen molar-refractivity contribution in [1.29, 1.82) is 0 Å². The highest BCUT2D eigenvalue weighted by Gasteiger charge is 2.19. The standard InChI is InChI=1S/C19H24N2O4S/c1-14-15(2)18(10-9-17(14)25-3)26(23,24)21-12-11-19(22)20-13-16-7-5-4-6-8-16/h4-10,21H,11-13H2,1-3H3,(H,20,22). The van der Waals surface area contributed by atoms with Crippen molar-refractivity contribution in [3.05, 3.63) is 59.2 Å². The second-order valence-corrected chi connectivity index (χ2v) is 7.66. The molecule has 2 aromatic carbocycles. The van der Waals surface area contributed by atoms with Gasteiger partial charge in [-0.05, 0) is 42.7 Å². The van der Waals surface area contributed by atoms with E-state index in [2.05, 4.69) is 10.0 Å². The van der Waals surface area contributed by atoms with Crippen molar-refractivity contribution in [3.8, 4) is 5.75 Å². The molecule has 0 saturated heterocycles. The Kier molecular flexibility index (Phi) is 6.76. The molecule has 2 N–H and O–H groups in total. The minimum atomic E-state index is -3.69. The quantitative estimate of drug-likeness (QED) is 0.740. The molecule has 1 amide bonds. The number of carbonyl (C=O) groups is 1. The molecule has 0 bridgehead atoms. The van der Waals surface area contributed by atoms with Crippen molar-refractivity contribution in [2.75, 3.05) is 13.7 Å². The third-order valence-corrected chi connectivity index (χ3v) is 5.78. The number of nitrogens with one attached hydrogen (secondary N) is 2. The van der Waals surface area contributed by atoms with Gasteiger partial charge in [-0.3, -0.25) is 4.79 Å². The predicted molar refractivity (Wildman–Crippen MR) is 101 cm³/mol. The van der Waals surface area contributed by atoms with Gasteiger partial charge in [-0.1, -0.05) is 30.3 Å². The maximum absolute atomic E-state index is 12.5. The largest absolute Gasteiger partial charge is 0.496 e. The summed E-state index contributed by atoms with van der Waals surface area (Å²) in [6, 6.07) is 12.7. The topological polar surface area (TPSA) is 84.5 Å². The second-order valence-electron chi connectivity index (χ2n) is 5.93. The van der Waals surface area contributed by atoms with E-state index in [0.717, 1.165) is 11.1 Å². The first kappa shape index (κ1) is 19.9. The van der Waals surface area contributed by atoms with Crippen LogP contribution in [-0.2, 0) is 21.4 Å². The molecule has 26 heavy (non-hydrogen) atoms. The van der Waals surface area contributed by atoms with Crippen molar-refractivity contribution >= 4 is 15.9 Å². The zero-order valence-electron chi connectivity index (χ0n) is 15.2. The third-order valence-electron chi connectivity index (χ3n) is 4.17. The molecule has 0 aromatic heterocycles. The molecule has 2 aromatic rings. The molecule has 0 fully saturated rings. The number of amides is 1. The highest BCUT2D eigenvalue weighted by Crippen LogP contribution is 2.26. The number of ether oxygens (including phenoxy) is 1. The molecule has 0 spiro atoms. The molecule has 0 unspecified atom stereocenters. The maximum Gasteiger partial charge on any atom is 0.240 e. The van der Waals surface area contributed by atoms with E-state index in [9.17, 15) is 13.2 Å². The zero-order valence-corrected chi connectivity index (χ0v) is 16.0. The summed E-state index contributed by atoms with van der Waals surface area (Å²) in [7, 11) is -2.14. The van der Waals surface area contributed by atoms with Crippen LogP contribution in [0.4, 0.5) is 0 Å². The van der Waals surface area contributed by atoms with E-state index in [1.807, 2.05) is 37.3 Å². The fraction of sp³-hybridized carbons (Fsp3) is 0.316. The summed E-state index contributed by atoms with van der Waals surface area (Å²) in [6.45, 7) is 4.00. The molecule has 0 radical (unpaired) electrons. The van der Waals surface area contributed by atoms with Gasteiger partial charge in [0.2, 0.25) is 15.9 Å². The van der Waals surface area contributed by atoms with Crippen LogP contribution < -0.4 is 14.8 Å². The number of hydrogen-bond acceptors (Lipinski definition) is 4. The van der Waals surface area contributed by atoms with Gasteiger partial charge < -0.3 is 10.1 Å².